The largest absolute Gasteiger partial charge is 0.341 e. The maximum atomic E-state index is 13.3. The van der Waals surface area contributed by atoms with Gasteiger partial charge in [0, 0.05) is 57.4 Å². The summed E-state index contributed by atoms with van der Waals surface area (Å²) in [5.74, 6) is -0.648. The van der Waals surface area contributed by atoms with Gasteiger partial charge in [0.1, 0.15) is 5.82 Å². The van der Waals surface area contributed by atoms with E-state index in [1.165, 1.54) is 18.2 Å². The third kappa shape index (κ3) is 3.89. The normalized spacial score (nSPS) is 23.6. The number of carbonyl (C=O) groups excluding carboxylic acids is 2. The average Bonchev–Trinajstić information content (AvgIpc) is 3.15. The number of benzene rings is 1. The molecule has 0 aliphatic carbocycles. The second-order valence-electron chi connectivity index (χ2n) is 7.21. The van der Waals surface area contributed by atoms with Gasteiger partial charge >= 0.3 is 6.03 Å². The van der Waals surface area contributed by atoms with Crippen LogP contribution in [0.4, 0.5) is 9.18 Å². The summed E-state index contributed by atoms with van der Waals surface area (Å²) in [6.07, 6.45) is 1.90. The molecule has 0 unspecified atom stereocenters. The molecule has 1 N–H and O–H groups in total. The second kappa shape index (κ2) is 8.02. The second-order valence-corrected chi connectivity index (χ2v) is 7.62. The fraction of sp³-hybridized carbons (Fsp3) is 0.579. The summed E-state index contributed by atoms with van der Waals surface area (Å²) in [4.78, 5) is 30.7. The monoisotopic (exact) mass is 396 g/mol. The Bertz CT molecular complexity index is 724. The van der Waals surface area contributed by atoms with Gasteiger partial charge in [0.25, 0.3) is 5.91 Å². The highest BCUT2D eigenvalue weighted by molar-refractivity contribution is 6.31. The van der Waals surface area contributed by atoms with E-state index in [2.05, 4.69) is 17.1 Å². The minimum absolute atomic E-state index is 0.0270. The molecule has 27 heavy (non-hydrogen) atoms. The van der Waals surface area contributed by atoms with Crippen molar-refractivity contribution in [1.82, 2.24) is 20.0 Å². The van der Waals surface area contributed by atoms with E-state index in [1.54, 1.807) is 11.9 Å². The van der Waals surface area contributed by atoms with Crippen LogP contribution in [-0.4, -0.2) is 78.5 Å². The van der Waals surface area contributed by atoms with Crippen LogP contribution < -0.4 is 5.32 Å². The zero-order valence-corrected chi connectivity index (χ0v) is 16.6. The number of nitrogens with one attached hydrogen (secondary N) is 1. The fourth-order valence-electron chi connectivity index (χ4n) is 4.15. The van der Waals surface area contributed by atoms with Gasteiger partial charge in [0.2, 0.25) is 0 Å². The highest BCUT2D eigenvalue weighted by Gasteiger charge is 2.44. The first-order chi connectivity index (χ1) is 12.9. The van der Waals surface area contributed by atoms with E-state index in [9.17, 15) is 14.0 Å². The van der Waals surface area contributed by atoms with Crippen molar-refractivity contribution in [1.29, 1.82) is 0 Å². The number of urea groups is 1. The van der Waals surface area contributed by atoms with E-state index in [0.717, 1.165) is 32.5 Å². The van der Waals surface area contributed by atoms with Gasteiger partial charge in [-0.3, -0.25) is 9.69 Å². The molecule has 3 amide bonds. The van der Waals surface area contributed by atoms with Crippen LogP contribution in [0.25, 0.3) is 0 Å². The lowest BCUT2D eigenvalue weighted by molar-refractivity contribution is 0.0301. The number of rotatable bonds is 3. The van der Waals surface area contributed by atoms with E-state index in [1.807, 2.05) is 4.90 Å². The molecule has 2 aliphatic rings. The van der Waals surface area contributed by atoms with Crippen LogP contribution in [0.3, 0.4) is 0 Å². The molecule has 148 valence electrons. The number of hydrogen-bond acceptors (Lipinski definition) is 3. The molecule has 2 fully saturated rings. The van der Waals surface area contributed by atoms with Gasteiger partial charge in [-0.25, -0.2) is 9.18 Å². The van der Waals surface area contributed by atoms with Gasteiger partial charge in [-0.2, -0.15) is 0 Å². The number of amides is 3. The van der Waals surface area contributed by atoms with Crippen molar-refractivity contribution < 1.29 is 14.0 Å². The summed E-state index contributed by atoms with van der Waals surface area (Å²) in [6.45, 7) is 6.36. The highest BCUT2D eigenvalue weighted by Crippen LogP contribution is 2.32. The van der Waals surface area contributed by atoms with E-state index in [-0.39, 0.29) is 22.5 Å². The van der Waals surface area contributed by atoms with Crippen LogP contribution in [0.1, 0.15) is 30.1 Å². The van der Waals surface area contributed by atoms with Crippen LogP contribution in [0.5, 0.6) is 0 Å². The third-order valence-corrected chi connectivity index (χ3v) is 6.19. The molecule has 3 rings (SSSR count). The highest BCUT2D eigenvalue weighted by atomic mass is 35.5. The first-order valence-corrected chi connectivity index (χ1v) is 9.74. The maximum Gasteiger partial charge on any atom is 0.317 e. The Kier molecular flexibility index (Phi) is 5.91. The van der Waals surface area contributed by atoms with Crippen LogP contribution in [0, 0.1) is 5.82 Å². The molecule has 2 heterocycles. The molecule has 0 bridgehead atoms. The van der Waals surface area contributed by atoms with Gasteiger partial charge in [-0.1, -0.05) is 18.5 Å². The Balaban J connectivity index is 1.63. The molecule has 1 aromatic rings. The summed E-state index contributed by atoms with van der Waals surface area (Å²) in [5.41, 5.74) is 0.382. The van der Waals surface area contributed by atoms with Crippen molar-refractivity contribution in [2.24, 2.45) is 0 Å². The zero-order chi connectivity index (χ0) is 19.6. The molecule has 1 aromatic carbocycles. The summed E-state index contributed by atoms with van der Waals surface area (Å²) >= 11 is 5.80. The lowest BCUT2D eigenvalue weighted by Crippen LogP contribution is -2.59. The van der Waals surface area contributed by atoms with E-state index in [0.29, 0.717) is 25.2 Å². The van der Waals surface area contributed by atoms with Crippen LogP contribution in [-0.2, 0) is 0 Å². The smallest absolute Gasteiger partial charge is 0.317 e. The molecule has 0 radical (unpaired) electrons. The number of halogens is 2. The summed E-state index contributed by atoms with van der Waals surface area (Å²) in [6, 6.07) is 4.05. The van der Waals surface area contributed by atoms with Crippen molar-refractivity contribution in [3.8, 4) is 0 Å². The maximum absolute atomic E-state index is 13.3. The van der Waals surface area contributed by atoms with Gasteiger partial charge < -0.3 is 15.1 Å². The predicted molar refractivity (Wildman–Crippen MR) is 103 cm³/mol. The van der Waals surface area contributed by atoms with E-state index >= 15 is 0 Å². The van der Waals surface area contributed by atoms with Crippen molar-refractivity contribution in [3.63, 3.8) is 0 Å². The Morgan fingerprint density at radius 1 is 1.19 bits per heavy atom. The standard InChI is InChI=1S/C19H26ClFN4O2/c1-3-19(6-7-24(13-19)18(27)22-2)25-10-8-23(9-11-25)17(26)14-4-5-16(21)15(20)12-14/h4-5,12H,3,6-11,13H2,1-2H3,(H,22,27)/t19-/m1/s1. The topological polar surface area (TPSA) is 55.9 Å². The SMILES string of the molecule is CC[C@@]1(N2CCN(C(=O)c3ccc(F)c(Cl)c3)CC2)CCN(C(=O)NC)C1. The molecule has 2 aliphatic heterocycles. The third-order valence-electron chi connectivity index (χ3n) is 5.90. The number of piperazine rings is 1. The first kappa shape index (κ1) is 19.9. The van der Waals surface area contributed by atoms with Gasteiger partial charge in [-0.15, -0.1) is 0 Å². The molecule has 0 aromatic heterocycles. The van der Waals surface area contributed by atoms with Gasteiger partial charge in [-0.05, 0) is 31.0 Å². The molecule has 2 saturated heterocycles. The number of likely N-dealkylation sites (tertiary alicyclic amines) is 1. The van der Waals surface area contributed by atoms with E-state index in [4.69, 9.17) is 11.6 Å². The first-order valence-electron chi connectivity index (χ1n) is 9.36. The van der Waals surface area contributed by atoms with Gasteiger partial charge in [0.05, 0.1) is 5.02 Å². The fourth-order valence-corrected chi connectivity index (χ4v) is 4.33. The molecule has 6 nitrogen and oxygen atoms in total. The van der Waals surface area contributed by atoms with Crippen molar-refractivity contribution in [2.75, 3.05) is 46.3 Å². The summed E-state index contributed by atoms with van der Waals surface area (Å²) < 4.78 is 13.3. The zero-order valence-electron chi connectivity index (χ0n) is 15.8. The lowest BCUT2D eigenvalue weighted by Gasteiger charge is -2.45. The molecule has 8 heteroatoms. The number of hydrogen-bond donors (Lipinski definition) is 1. The predicted octanol–water partition coefficient (Wildman–Crippen LogP) is 2.43. The summed E-state index contributed by atoms with van der Waals surface area (Å²) in [7, 11) is 1.65. The minimum atomic E-state index is -0.523. The Morgan fingerprint density at radius 2 is 1.89 bits per heavy atom. The Morgan fingerprint density at radius 3 is 2.48 bits per heavy atom. The molecular weight excluding hydrogens is 371 g/mol. The van der Waals surface area contributed by atoms with Crippen molar-refractivity contribution >= 4 is 23.5 Å². The van der Waals surface area contributed by atoms with Crippen LogP contribution in [0.15, 0.2) is 18.2 Å². The van der Waals surface area contributed by atoms with Crippen molar-refractivity contribution in [3.05, 3.63) is 34.6 Å². The van der Waals surface area contributed by atoms with Crippen LogP contribution in [0.2, 0.25) is 5.02 Å². The quantitative estimate of drug-likeness (QED) is 0.853. The Labute approximate surface area is 164 Å². The molecular formula is C19H26ClFN4O2. The van der Waals surface area contributed by atoms with Crippen molar-refractivity contribution in [2.45, 2.75) is 25.3 Å². The summed E-state index contributed by atoms with van der Waals surface area (Å²) in [5, 5.41) is 2.66. The van der Waals surface area contributed by atoms with E-state index < -0.39 is 5.82 Å². The molecule has 0 saturated carbocycles. The van der Waals surface area contributed by atoms with Gasteiger partial charge in [0.15, 0.2) is 0 Å². The average molecular weight is 397 g/mol. The molecule has 0 spiro atoms. The van der Waals surface area contributed by atoms with Crippen LogP contribution >= 0.6 is 11.6 Å². The number of nitrogens with zero attached hydrogens (tertiary/aromatic N) is 3. The Hall–Kier alpha value is -1.86. The molecule has 1 atom stereocenters. The lowest BCUT2D eigenvalue weighted by atomic mass is 9.92. The number of carbonyl (C=O) groups is 2. The minimum Gasteiger partial charge on any atom is -0.341 e.